The maximum Gasteiger partial charge on any atom is 0.273 e. The molecule has 1 fully saturated rings. The molecule has 0 spiro atoms. The molecule has 9 heteroatoms. The Hall–Kier alpha value is -2.19. The van der Waals surface area contributed by atoms with Crippen LogP contribution in [0.3, 0.4) is 0 Å². The summed E-state index contributed by atoms with van der Waals surface area (Å²) in [5.74, 6) is -0.405. The van der Waals surface area contributed by atoms with Crippen molar-refractivity contribution in [2.45, 2.75) is 11.7 Å². The number of nitrogens with zero attached hydrogens (tertiary/aromatic N) is 3. The lowest BCUT2D eigenvalue weighted by Crippen LogP contribution is -2.29. The second-order valence-corrected chi connectivity index (χ2v) is 8.01. The number of anilines is 1. The molecule has 3 rings (SSSR count). The van der Waals surface area contributed by atoms with E-state index in [4.69, 9.17) is 10.7 Å². The van der Waals surface area contributed by atoms with E-state index in [1.165, 1.54) is 21.8 Å². The summed E-state index contributed by atoms with van der Waals surface area (Å²) >= 11 is 0. The van der Waals surface area contributed by atoms with Gasteiger partial charge in [0.2, 0.25) is 15.0 Å². The minimum atomic E-state index is -3.83. The first-order valence-corrected chi connectivity index (χ1v) is 9.12. The second-order valence-electron chi connectivity index (χ2n) is 5.11. The number of carbonyl (C=O) groups excluding carboxylic acids is 1. The summed E-state index contributed by atoms with van der Waals surface area (Å²) in [6.07, 6.45) is 1.16. The van der Waals surface area contributed by atoms with Gasteiger partial charge in [-0.15, -0.1) is 0 Å². The number of carbonyl (C=O) groups is 1. The Bertz CT molecular complexity index is 911. The van der Waals surface area contributed by atoms with Crippen LogP contribution in [0.2, 0.25) is 0 Å². The Labute approximate surface area is 136 Å². The Kier molecular flexibility index (Phi) is 3.95. The molecule has 0 N–H and O–H groups in total. The van der Waals surface area contributed by atoms with E-state index in [0.717, 1.165) is 0 Å². The molecule has 0 saturated carbocycles. The Balaban J connectivity index is 1.93. The molecule has 2 aromatic rings. The van der Waals surface area contributed by atoms with Crippen molar-refractivity contribution in [3.63, 3.8) is 0 Å². The first-order chi connectivity index (χ1) is 10.9. The lowest BCUT2D eigenvalue weighted by Gasteiger charge is -2.16. The smallest absolute Gasteiger partial charge is 0.273 e. The van der Waals surface area contributed by atoms with Crippen molar-refractivity contribution in [2.75, 3.05) is 11.4 Å². The molecule has 0 radical (unpaired) electrons. The zero-order chi connectivity index (χ0) is 16.6. The van der Waals surface area contributed by atoms with Crippen LogP contribution in [0, 0.1) is 0 Å². The minimum Gasteiger partial charge on any atom is -0.309 e. The van der Waals surface area contributed by atoms with Gasteiger partial charge in [-0.1, -0.05) is 18.2 Å². The van der Waals surface area contributed by atoms with Gasteiger partial charge in [0.05, 0.1) is 17.6 Å². The number of hydrogen-bond donors (Lipinski definition) is 0. The number of benzene rings is 1. The van der Waals surface area contributed by atoms with E-state index < -0.39 is 25.8 Å². The lowest BCUT2D eigenvalue weighted by atomic mass is 10.3. The third-order valence-corrected chi connectivity index (χ3v) is 5.45. The van der Waals surface area contributed by atoms with Crippen molar-refractivity contribution >= 4 is 31.3 Å². The van der Waals surface area contributed by atoms with E-state index in [0.29, 0.717) is 5.69 Å². The number of rotatable bonds is 3. The van der Waals surface area contributed by atoms with Crippen LogP contribution in [-0.4, -0.2) is 35.9 Å². The summed E-state index contributed by atoms with van der Waals surface area (Å²) in [7, 11) is 1.47. The fraction of sp³-hybridized carbons (Fsp3) is 0.214. The fourth-order valence-corrected chi connectivity index (χ4v) is 3.45. The highest BCUT2D eigenvalue weighted by Crippen LogP contribution is 2.25. The molecule has 1 unspecified atom stereocenters. The summed E-state index contributed by atoms with van der Waals surface area (Å²) in [5, 5.41) is 3.06. The molecule has 120 valence electrons. The molecule has 1 aromatic carbocycles. The van der Waals surface area contributed by atoms with Gasteiger partial charge in [0.15, 0.2) is 0 Å². The summed E-state index contributed by atoms with van der Waals surface area (Å²) in [4.78, 5) is 25.4. The highest BCUT2D eigenvalue weighted by atomic mass is 35.7. The standard InChI is InChI=1S/C14H12ClN3O4S/c15-23(21,22)12-7-13(19)17(9-12)11-6-14(20)18(16-8-11)10-4-2-1-3-5-10/h1-6,8,12H,7,9H2. The van der Waals surface area contributed by atoms with Gasteiger partial charge in [-0.05, 0) is 12.1 Å². The van der Waals surface area contributed by atoms with Gasteiger partial charge in [0.1, 0.15) is 5.25 Å². The SMILES string of the molecule is O=C1CC(S(=O)(=O)Cl)CN1c1cnn(-c2ccccc2)c(=O)c1. The van der Waals surface area contributed by atoms with Gasteiger partial charge >= 0.3 is 0 Å². The average Bonchev–Trinajstić information content (AvgIpc) is 2.90. The molecule has 1 amide bonds. The number of halogens is 1. The van der Waals surface area contributed by atoms with Crippen molar-refractivity contribution < 1.29 is 13.2 Å². The molecular formula is C14H12ClN3O4S. The van der Waals surface area contributed by atoms with E-state index >= 15 is 0 Å². The van der Waals surface area contributed by atoms with E-state index in [2.05, 4.69) is 5.10 Å². The van der Waals surface area contributed by atoms with Crippen LogP contribution in [0.5, 0.6) is 0 Å². The van der Waals surface area contributed by atoms with Crippen molar-refractivity contribution in [3.05, 3.63) is 52.9 Å². The predicted octanol–water partition coefficient (Wildman–Crippen LogP) is 0.906. The molecule has 1 aliphatic rings. The molecule has 0 bridgehead atoms. The number of para-hydroxylation sites is 1. The van der Waals surface area contributed by atoms with Crippen molar-refractivity contribution in [3.8, 4) is 5.69 Å². The quantitative estimate of drug-likeness (QED) is 0.765. The van der Waals surface area contributed by atoms with Crippen molar-refractivity contribution in [1.29, 1.82) is 0 Å². The normalized spacial score (nSPS) is 18.4. The summed E-state index contributed by atoms with van der Waals surface area (Å²) in [5.41, 5.74) is 0.437. The average molecular weight is 354 g/mol. The summed E-state index contributed by atoms with van der Waals surface area (Å²) in [6.45, 7) is -0.0822. The Morgan fingerprint density at radius 1 is 1.13 bits per heavy atom. The molecule has 1 aliphatic heterocycles. The van der Waals surface area contributed by atoms with Gasteiger partial charge < -0.3 is 4.90 Å². The second kappa shape index (κ2) is 5.78. The number of aromatic nitrogens is 2. The van der Waals surface area contributed by atoms with E-state index in [-0.39, 0.29) is 18.7 Å². The van der Waals surface area contributed by atoms with Crippen LogP contribution in [0.1, 0.15) is 6.42 Å². The number of hydrogen-bond acceptors (Lipinski definition) is 5. The predicted molar refractivity (Wildman–Crippen MR) is 85.4 cm³/mol. The molecule has 7 nitrogen and oxygen atoms in total. The number of amides is 1. The highest BCUT2D eigenvalue weighted by molar-refractivity contribution is 8.14. The van der Waals surface area contributed by atoms with Gasteiger partial charge in [0.25, 0.3) is 5.56 Å². The molecule has 2 heterocycles. The van der Waals surface area contributed by atoms with Crippen LogP contribution >= 0.6 is 10.7 Å². The monoisotopic (exact) mass is 353 g/mol. The molecule has 1 saturated heterocycles. The van der Waals surface area contributed by atoms with Gasteiger partial charge in [-0.3, -0.25) is 9.59 Å². The zero-order valence-corrected chi connectivity index (χ0v) is 13.4. The van der Waals surface area contributed by atoms with E-state index in [1.807, 2.05) is 6.07 Å². The Morgan fingerprint density at radius 3 is 2.39 bits per heavy atom. The molecule has 1 aromatic heterocycles. The van der Waals surface area contributed by atoms with Crippen LogP contribution < -0.4 is 10.5 Å². The zero-order valence-electron chi connectivity index (χ0n) is 11.8. The van der Waals surface area contributed by atoms with E-state index in [1.54, 1.807) is 24.3 Å². The largest absolute Gasteiger partial charge is 0.309 e. The van der Waals surface area contributed by atoms with E-state index in [9.17, 15) is 18.0 Å². The molecule has 23 heavy (non-hydrogen) atoms. The summed E-state index contributed by atoms with van der Waals surface area (Å²) in [6, 6.07) is 10.1. The topological polar surface area (TPSA) is 89.3 Å². The minimum absolute atomic E-state index is 0.0822. The first kappa shape index (κ1) is 15.7. The summed E-state index contributed by atoms with van der Waals surface area (Å²) < 4.78 is 23.9. The van der Waals surface area contributed by atoms with Crippen molar-refractivity contribution in [2.24, 2.45) is 0 Å². The van der Waals surface area contributed by atoms with Gasteiger partial charge in [0, 0.05) is 29.7 Å². The molecule has 0 aliphatic carbocycles. The fourth-order valence-electron chi connectivity index (χ4n) is 2.42. The van der Waals surface area contributed by atoms with Gasteiger partial charge in [-0.25, -0.2) is 8.42 Å². The van der Waals surface area contributed by atoms with Crippen molar-refractivity contribution in [1.82, 2.24) is 9.78 Å². The third-order valence-electron chi connectivity index (χ3n) is 3.59. The van der Waals surface area contributed by atoms with Crippen LogP contribution in [0.4, 0.5) is 5.69 Å². The first-order valence-electron chi connectivity index (χ1n) is 6.75. The van der Waals surface area contributed by atoms with Crippen LogP contribution in [-0.2, 0) is 13.8 Å². The molecule has 1 atom stereocenters. The van der Waals surface area contributed by atoms with Crippen LogP contribution in [0.15, 0.2) is 47.4 Å². The maximum absolute atomic E-state index is 12.2. The maximum atomic E-state index is 12.2. The third kappa shape index (κ3) is 3.13. The van der Waals surface area contributed by atoms with Gasteiger partial charge in [-0.2, -0.15) is 9.78 Å². The van der Waals surface area contributed by atoms with Crippen LogP contribution in [0.25, 0.3) is 5.69 Å². The lowest BCUT2D eigenvalue weighted by molar-refractivity contribution is -0.117. The highest BCUT2D eigenvalue weighted by Gasteiger charge is 2.38. The Morgan fingerprint density at radius 2 is 1.83 bits per heavy atom. The molecular weight excluding hydrogens is 342 g/mol.